The van der Waals surface area contributed by atoms with Crippen LogP contribution in [0.15, 0.2) is 90.1 Å². The van der Waals surface area contributed by atoms with E-state index in [-0.39, 0.29) is 47.8 Å². The molecule has 6 atom stereocenters. The summed E-state index contributed by atoms with van der Waals surface area (Å²) in [5.41, 5.74) is 4.89. The number of halogens is 5. The molecule has 5 heterocycles. The number of imidazole rings is 2. The van der Waals surface area contributed by atoms with Crippen molar-refractivity contribution >= 4 is 39.9 Å². The van der Waals surface area contributed by atoms with E-state index in [0.29, 0.717) is 79.6 Å². The predicted octanol–water partition coefficient (Wildman–Crippen LogP) is 11.3. The van der Waals surface area contributed by atoms with E-state index in [0.717, 1.165) is 47.2 Å². The van der Waals surface area contributed by atoms with Crippen LogP contribution in [0, 0.1) is 11.8 Å². The Labute approximate surface area is 409 Å². The van der Waals surface area contributed by atoms with Gasteiger partial charge in [-0.3, -0.25) is 9.59 Å². The maximum absolute atomic E-state index is 13.9. The van der Waals surface area contributed by atoms with E-state index in [1.54, 1.807) is 22.2 Å². The fraction of sp³-hybridized carbons (Fsp3) is 0.440. The maximum Gasteiger partial charge on any atom is 0.407 e. The summed E-state index contributed by atoms with van der Waals surface area (Å²) in [6.45, 7) is 8.39. The smallest absolute Gasteiger partial charge is 0.407 e. The van der Waals surface area contributed by atoms with Gasteiger partial charge in [-0.1, -0.05) is 95.7 Å². The van der Waals surface area contributed by atoms with Crippen LogP contribution in [0.2, 0.25) is 0 Å². The van der Waals surface area contributed by atoms with Crippen molar-refractivity contribution in [3.8, 4) is 22.5 Å². The molecule has 0 bridgehead atoms. The van der Waals surface area contributed by atoms with Gasteiger partial charge in [0.05, 0.1) is 49.8 Å². The summed E-state index contributed by atoms with van der Waals surface area (Å²) in [7, 11) is -7.45. The summed E-state index contributed by atoms with van der Waals surface area (Å²) in [6.07, 6.45) is 6.22. The number of rotatable bonds is 14. The molecule has 3 fully saturated rings. The molecule has 21 heteroatoms. The summed E-state index contributed by atoms with van der Waals surface area (Å²) in [5, 5.41) is 5.32. The molecule has 0 unspecified atom stereocenters. The average Bonchev–Trinajstić information content (AvgIpc) is 4.21. The first-order chi connectivity index (χ1) is 33.5. The van der Waals surface area contributed by atoms with Crippen LogP contribution in [-0.4, -0.2) is 93.1 Å². The first kappa shape index (κ1) is 50.7. The van der Waals surface area contributed by atoms with Gasteiger partial charge in [0.1, 0.15) is 28.6 Å². The number of likely N-dealkylation sites (tertiary alicyclic amines) is 2. The number of aromatic nitrogens is 4. The lowest BCUT2D eigenvalue weighted by Crippen LogP contribution is -2.51. The van der Waals surface area contributed by atoms with Crippen molar-refractivity contribution in [1.29, 1.82) is 0 Å². The number of alkyl carbamates (subject to hydrolysis) is 2. The van der Waals surface area contributed by atoms with E-state index in [4.69, 9.17) is 19.4 Å². The average molecular weight is 1010 g/mol. The van der Waals surface area contributed by atoms with Crippen LogP contribution in [0.1, 0.15) is 113 Å². The van der Waals surface area contributed by atoms with Gasteiger partial charge in [0.15, 0.2) is 0 Å². The number of ether oxygens (including phenoxy) is 2. The zero-order valence-corrected chi connectivity index (χ0v) is 41.2. The highest BCUT2D eigenvalue weighted by molar-refractivity contribution is 8.45. The molecule has 3 aliphatic rings. The number of benzene rings is 3. The Morgan fingerprint density at radius 3 is 1.34 bits per heavy atom. The number of anilines is 1. The van der Waals surface area contributed by atoms with Crippen molar-refractivity contribution in [1.82, 2.24) is 40.4 Å². The highest BCUT2D eigenvalue weighted by atomic mass is 32.5. The monoisotopic (exact) mass is 1010 g/mol. The van der Waals surface area contributed by atoms with Gasteiger partial charge >= 0.3 is 22.4 Å². The van der Waals surface area contributed by atoms with Crippen LogP contribution in [-0.2, 0) is 19.1 Å². The molecule has 71 heavy (non-hydrogen) atoms. The molecule has 4 amide bonds. The Kier molecular flexibility index (Phi) is 13.7. The van der Waals surface area contributed by atoms with Crippen molar-refractivity contribution in [3.05, 3.63) is 108 Å². The lowest BCUT2D eigenvalue weighted by atomic mass is 10.0. The van der Waals surface area contributed by atoms with Crippen molar-refractivity contribution < 1.29 is 48.1 Å². The first-order valence-electron chi connectivity index (χ1n) is 23.8. The van der Waals surface area contributed by atoms with Crippen LogP contribution in [0.25, 0.3) is 22.5 Å². The lowest BCUT2D eigenvalue weighted by molar-refractivity contribution is -0.136. The normalized spacial score (nSPS) is 21.2. The number of amides is 4. The summed E-state index contributed by atoms with van der Waals surface area (Å²) in [4.78, 5) is 71.2. The minimum Gasteiger partial charge on any atom is -0.453 e. The van der Waals surface area contributed by atoms with E-state index < -0.39 is 39.4 Å². The number of methoxy groups -OCH3 is 2. The molecule has 382 valence electrons. The molecule has 2 aromatic heterocycles. The third-order valence-electron chi connectivity index (χ3n) is 13.8. The third-order valence-corrected chi connectivity index (χ3v) is 15.0. The fourth-order valence-corrected chi connectivity index (χ4v) is 10.8. The third kappa shape index (κ3) is 10.8. The van der Waals surface area contributed by atoms with Crippen molar-refractivity contribution in [2.45, 2.75) is 107 Å². The zero-order chi connectivity index (χ0) is 51.1. The second kappa shape index (κ2) is 19.2. The van der Waals surface area contributed by atoms with Gasteiger partial charge in [0.2, 0.25) is 11.8 Å². The molecular formula is C50H60F5N9O6S. The molecule has 3 aromatic carbocycles. The maximum atomic E-state index is 13.9. The second-order valence-electron chi connectivity index (χ2n) is 19.2. The van der Waals surface area contributed by atoms with Gasteiger partial charge < -0.3 is 44.8 Å². The number of hydrogen-bond donors (Lipinski definition) is 4. The molecule has 4 N–H and O–H groups in total. The van der Waals surface area contributed by atoms with Gasteiger partial charge in [-0.05, 0) is 85.8 Å². The number of hydrogen-bond acceptors (Lipinski definition) is 9. The fourth-order valence-electron chi connectivity index (χ4n) is 10.1. The molecule has 3 saturated heterocycles. The standard InChI is InChI=1S/C50H60F5N9O6S/c1-29(2)43(60-49(67)69-5)47(65)62-25-7-9-41(62)45-56-27-37(58-45)31-11-15-33(16-12-31)39-23-24-40(64(39)35-19-21-36(22-20-35)71(51,52,53,54)55)34-17-13-32(14-18-34)38-28-57-46(59-38)42-10-8-26-63(42)48(66)44(30(3)4)61-50(68)70-6/h11-22,27-30,39-44H,7-10,23-26H2,1-6H3,(H,56,58)(H,57,59)(H,60,67)(H,61,68)/t39-,40-,41-,42-,43-,44-/m0/s1. The van der Waals surface area contributed by atoms with E-state index in [1.165, 1.54) is 14.2 Å². The zero-order valence-electron chi connectivity index (χ0n) is 40.3. The molecule has 0 saturated carbocycles. The van der Waals surface area contributed by atoms with E-state index in [9.17, 15) is 38.6 Å². The van der Waals surface area contributed by atoms with Crippen molar-refractivity contribution in [2.75, 3.05) is 32.2 Å². The van der Waals surface area contributed by atoms with Crippen molar-refractivity contribution in [2.24, 2.45) is 11.8 Å². The van der Waals surface area contributed by atoms with Crippen LogP contribution >= 0.6 is 10.2 Å². The Morgan fingerprint density at radius 1 is 0.592 bits per heavy atom. The number of nitrogens with one attached hydrogen (secondary N) is 4. The highest BCUT2D eigenvalue weighted by Gasteiger charge is 2.65. The van der Waals surface area contributed by atoms with E-state index in [1.807, 2.05) is 81.1 Å². The van der Waals surface area contributed by atoms with Crippen LogP contribution < -0.4 is 15.5 Å². The molecule has 0 spiro atoms. The summed E-state index contributed by atoms with van der Waals surface area (Å²) < 4.78 is 79.1. The topological polar surface area (TPSA) is 178 Å². The number of carbonyl (C=O) groups is 4. The Morgan fingerprint density at radius 2 is 0.986 bits per heavy atom. The van der Waals surface area contributed by atoms with E-state index >= 15 is 0 Å². The minimum atomic E-state index is -9.94. The van der Waals surface area contributed by atoms with Crippen LogP contribution in [0.3, 0.4) is 0 Å². The van der Waals surface area contributed by atoms with Gasteiger partial charge in [-0.25, -0.2) is 19.6 Å². The summed E-state index contributed by atoms with van der Waals surface area (Å²) in [6, 6.07) is 15.5. The minimum absolute atomic E-state index is 0.188. The van der Waals surface area contributed by atoms with Crippen LogP contribution in [0.4, 0.5) is 34.7 Å². The molecule has 0 aliphatic carbocycles. The number of carbonyl (C=O) groups excluding carboxylic acids is 4. The van der Waals surface area contributed by atoms with Crippen LogP contribution in [0.5, 0.6) is 0 Å². The quantitative estimate of drug-likeness (QED) is 0.0788. The molecule has 3 aliphatic heterocycles. The predicted molar refractivity (Wildman–Crippen MR) is 259 cm³/mol. The molecule has 0 radical (unpaired) electrons. The SMILES string of the molecule is COC(=O)N[C@H](C(=O)N1CCC[C@H]1c1nc(-c2ccc([C@@H]3CC[C@@H](c4ccc(-c5c[nH]c([C@@H]6CCCN6C(=O)[C@@H](NC(=O)OC)C(C)C)n5)cc4)N3c3ccc(S(F)(F)(F)(F)F)cc3)cc2)c[nH]1)C(C)C. The highest BCUT2D eigenvalue weighted by Crippen LogP contribution is 3.02. The first-order valence-corrected chi connectivity index (χ1v) is 25.7. The molecule has 5 aromatic rings. The Balaban J connectivity index is 1.02. The number of H-pyrrole nitrogens is 2. The summed E-state index contributed by atoms with van der Waals surface area (Å²) >= 11 is 0. The largest absolute Gasteiger partial charge is 0.453 e. The van der Waals surface area contributed by atoms with Gasteiger partial charge in [0, 0.05) is 42.3 Å². The second-order valence-corrected chi connectivity index (χ2v) is 21.6. The van der Waals surface area contributed by atoms with Crippen molar-refractivity contribution in [3.63, 3.8) is 0 Å². The van der Waals surface area contributed by atoms with Gasteiger partial charge in [-0.2, -0.15) is 0 Å². The van der Waals surface area contributed by atoms with Gasteiger partial charge in [0.25, 0.3) is 0 Å². The molecule has 15 nitrogen and oxygen atoms in total. The number of nitrogens with zero attached hydrogens (tertiary/aromatic N) is 5. The van der Waals surface area contributed by atoms with Gasteiger partial charge in [-0.15, -0.1) is 0 Å². The summed E-state index contributed by atoms with van der Waals surface area (Å²) in [5.74, 6) is 0.381. The number of aromatic amines is 2. The Hall–Kier alpha value is -6.64. The lowest BCUT2D eigenvalue weighted by Gasteiger charge is -2.41. The molecule has 8 rings (SSSR count). The Bertz CT molecular complexity index is 2590. The van der Waals surface area contributed by atoms with E-state index in [2.05, 4.69) is 20.6 Å². The molecular weight excluding hydrogens is 950 g/mol.